The highest BCUT2D eigenvalue weighted by Crippen LogP contribution is 1.98. The summed E-state index contributed by atoms with van der Waals surface area (Å²) in [7, 11) is 1.33. The maximum absolute atomic E-state index is 11.7. The fourth-order valence-electron chi connectivity index (χ4n) is 0.581. The van der Waals surface area contributed by atoms with Crippen molar-refractivity contribution in [3.63, 3.8) is 0 Å². The minimum atomic E-state index is -2.47. The van der Waals surface area contributed by atoms with Gasteiger partial charge in [-0.25, -0.2) is 8.78 Å². The molecule has 0 N–H and O–H groups in total. The molecule has 0 unspecified atom stereocenters. The van der Waals surface area contributed by atoms with Crippen LogP contribution in [0.3, 0.4) is 0 Å². The number of halogens is 3. The van der Waals surface area contributed by atoms with Crippen molar-refractivity contribution < 1.29 is 13.6 Å². The van der Waals surface area contributed by atoms with Crippen molar-refractivity contribution in [2.45, 2.75) is 12.8 Å². The van der Waals surface area contributed by atoms with E-state index in [9.17, 15) is 13.6 Å². The van der Waals surface area contributed by atoms with E-state index in [0.29, 0.717) is 0 Å². The quantitative estimate of drug-likeness (QED) is 0.606. The molecule has 2 nitrogen and oxygen atoms in total. The van der Waals surface area contributed by atoms with E-state index in [1.807, 2.05) is 0 Å². The van der Waals surface area contributed by atoms with Crippen LogP contribution in [0.2, 0.25) is 0 Å². The fourth-order valence-corrected chi connectivity index (χ4v) is 0.742. The number of hydrogen-bond acceptors (Lipinski definition) is 1. The molecule has 0 bridgehead atoms. The molecule has 0 aromatic carbocycles. The van der Waals surface area contributed by atoms with Crippen LogP contribution in [0.1, 0.15) is 6.42 Å². The van der Waals surface area contributed by atoms with Gasteiger partial charge in [0.2, 0.25) is 5.91 Å². The molecule has 0 fully saturated rings. The lowest BCUT2D eigenvalue weighted by Gasteiger charge is -2.15. The molecular formula is C6H10ClF2NO. The van der Waals surface area contributed by atoms with Gasteiger partial charge >= 0.3 is 0 Å². The number of hydrogen-bond donors (Lipinski definition) is 0. The Morgan fingerprint density at radius 2 is 2.18 bits per heavy atom. The Hall–Kier alpha value is -0.380. The summed E-state index contributed by atoms with van der Waals surface area (Å²) in [5.41, 5.74) is 0. The predicted octanol–water partition coefficient (Wildman–Crippen LogP) is 1.34. The Kier molecular flexibility index (Phi) is 5.11. The maximum Gasteiger partial charge on any atom is 0.255 e. The molecule has 66 valence electrons. The van der Waals surface area contributed by atoms with Gasteiger partial charge in [-0.05, 0) is 0 Å². The Morgan fingerprint density at radius 1 is 1.64 bits per heavy atom. The van der Waals surface area contributed by atoms with Gasteiger partial charge < -0.3 is 4.90 Å². The molecule has 0 saturated carbocycles. The minimum absolute atomic E-state index is 0.116. The third-order valence-electron chi connectivity index (χ3n) is 1.15. The molecule has 5 heteroatoms. The highest BCUT2D eigenvalue weighted by Gasteiger charge is 2.12. The lowest BCUT2D eigenvalue weighted by atomic mass is 10.4. The second kappa shape index (κ2) is 5.29. The summed E-state index contributed by atoms with van der Waals surface area (Å²) in [5.74, 6) is -0.174. The molecule has 0 saturated heterocycles. The molecule has 0 atom stereocenters. The highest BCUT2D eigenvalue weighted by atomic mass is 35.5. The SMILES string of the molecule is CN(CC(F)F)C(=O)CCCl. The molecule has 0 aromatic rings. The van der Waals surface area contributed by atoms with Gasteiger partial charge in [-0.1, -0.05) is 0 Å². The van der Waals surface area contributed by atoms with Crippen LogP contribution in [0, 0.1) is 0 Å². The number of nitrogens with zero attached hydrogens (tertiary/aromatic N) is 1. The summed E-state index contributed by atoms with van der Waals surface area (Å²) in [6.45, 7) is -0.518. The van der Waals surface area contributed by atoms with Gasteiger partial charge in [0.05, 0.1) is 6.54 Å². The van der Waals surface area contributed by atoms with Crippen molar-refractivity contribution in [1.29, 1.82) is 0 Å². The first-order valence-electron chi connectivity index (χ1n) is 3.16. The van der Waals surface area contributed by atoms with Crippen molar-refractivity contribution >= 4 is 17.5 Å². The first-order chi connectivity index (χ1) is 5.07. The van der Waals surface area contributed by atoms with Crippen LogP contribution < -0.4 is 0 Å². The van der Waals surface area contributed by atoms with Crippen LogP contribution in [-0.2, 0) is 4.79 Å². The Morgan fingerprint density at radius 3 is 2.55 bits per heavy atom. The Balaban J connectivity index is 3.64. The molecule has 11 heavy (non-hydrogen) atoms. The average molecular weight is 186 g/mol. The highest BCUT2D eigenvalue weighted by molar-refractivity contribution is 6.18. The zero-order valence-electron chi connectivity index (χ0n) is 6.19. The third kappa shape index (κ3) is 4.95. The van der Waals surface area contributed by atoms with Gasteiger partial charge in [0.1, 0.15) is 0 Å². The number of alkyl halides is 3. The molecule has 0 aromatic heterocycles. The van der Waals surface area contributed by atoms with E-state index in [1.165, 1.54) is 7.05 Å². The minimum Gasteiger partial charge on any atom is -0.340 e. The molecular weight excluding hydrogens is 176 g/mol. The van der Waals surface area contributed by atoms with Crippen LogP contribution in [0.25, 0.3) is 0 Å². The van der Waals surface area contributed by atoms with E-state index in [0.717, 1.165) is 4.90 Å². The molecule has 0 aliphatic carbocycles. The lowest BCUT2D eigenvalue weighted by molar-refractivity contribution is -0.131. The zero-order chi connectivity index (χ0) is 8.85. The molecule has 0 aliphatic rings. The summed E-state index contributed by atoms with van der Waals surface area (Å²) in [6, 6.07) is 0. The maximum atomic E-state index is 11.7. The van der Waals surface area contributed by atoms with E-state index in [4.69, 9.17) is 11.6 Å². The van der Waals surface area contributed by atoms with Gasteiger partial charge in [-0.3, -0.25) is 4.79 Å². The van der Waals surface area contributed by atoms with Gasteiger partial charge in [0, 0.05) is 19.3 Å². The largest absolute Gasteiger partial charge is 0.340 e. The van der Waals surface area contributed by atoms with E-state index in [2.05, 4.69) is 0 Å². The monoisotopic (exact) mass is 185 g/mol. The molecule has 0 aliphatic heterocycles. The molecule has 0 rings (SSSR count). The summed E-state index contributed by atoms with van der Waals surface area (Å²) < 4.78 is 23.3. The van der Waals surface area contributed by atoms with E-state index in [1.54, 1.807) is 0 Å². The second-order valence-electron chi connectivity index (χ2n) is 2.10. The molecule has 0 radical (unpaired) electrons. The van der Waals surface area contributed by atoms with Crippen molar-refractivity contribution in [2.75, 3.05) is 19.5 Å². The number of rotatable bonds is 4. The van der Waals surface area contributed by atoms with Crippen LogP contribution in [-0.4, -0.2) is 36.7 Å². The number of carbonyl (C=O) groups is 1. The number of amides is 1. The van der Waals surface area contributed by atoms with Crippen molar-refractivity contribution in [3.8, 4) is 0 Å². The molecule has 1 amide bonds. The normalized spacial score (nSPS) is 10.3. The van der Waals surface area contributed by atoms with E-state index < -0.39 is 13.0 Å². The first kappa shape index (κ1) is 10.6. The lowest BCUT2D eigenvalue weighted by Crippen LogP contribution is -2.31. The van der Waals surface area contributed by atoms with Gasteiger partial charge in [-0.15, -0.1) is 11.6 Å². The summed E-state index contributed by atoms with van der Waals surface area (Å²) >= 11 is 5.24. The van der Waals surface area contributed by atoms with Crippen molar-refractivity contribution in [3.05, 3.63) is 0 Å². The number of carbonyl (C=O) groups excluding carboxylic acids is 1. The van der Waals surface area contributed by atoms with Crippen molar-refractivity contribution in [1.82, 2.24) is 4.90 Å². The zero-order valence-corrected chi connectivity index (χ0v) is 6.94. The summed E-state index contributed by atoms with van der Waals surface area (Å²) in [5, 5.41) is 0. The third-order valence-corrected chi connectivity index (χ3v) is 1.33. The predicted molar refractivity (Wildman–Crippen MR) is 39.0 cm³/mol. The first-order valence-corrected chi connectivity index (χ1v) is 3.69. The van der Waals surface area contributed by atoms with Gasteiger partial charge in [0.15, 0.2) is 0 Å². The van der Waals surface area contributed by atoms with Crippen LogP contribution in [0.15, 0.2) is 0 Å². The summed E-state index contributed by atoms with van der Waals surface area (Å²) in [6.07, 6.45) is -2.36. The molecule has 0 spiro atoms. The Labute approximate surface area is 69.1 Å². The van der Waals surface area contributed by atoms with Gasteiger partial charge in [-0.2, -0.15) is 0 Å². The van der Waals surface area contributed by atoms with E-state index in [-0.39, 0.29) is 18.2 Å². The standard InChI is InChI=1S/C6H10ClF2NO/c1-10(4-5(8)9)6(11)2-3-7/h5H,2-4H2,1H3. The molecule has 0 heterocycles. The second-order valence-corrected chi connectivity index (χ2v) is 2.48. The topological polar surface area (TPSA) is 20.3 Å². The summed E-state index contributed by atoms with van der Waals surface area (Å²) in [4.78, 5) is 11.8. The Bertz CT molecular complexity index is 132. The van der Waals surface area contributed by atoms with E-state index >= 15 is 0 Å². The van der Waals surface area contributed by atoms with Crippen LogP contribution in [0.5, 0.6) is 0 Å². The fraction of sp³-hybridized carbons (Fsp3) is 0.833. The smallest absolute Gasteiger partial charge is 0.255 e. The van der Waals surface area contributed by atoms with Crippen LogP contribution >= 0.6 is 11.6 Å². The van der Waals surface area contributed by atoms with Crippen molar-refractivity contribution in [2.24, 2.45) is 0 Å². The van der Waals surface area contributed by atoms with Gasteiger partial charge in [0.25, 0.3) is 6.43 Å². The average Bonchev–Trinajstić information content (AvgIpc) is 1.86. The van der Waals surface area contributed by atoms with Crippen LogP contribution in [0.4, 0.5) is 8.78 Å².